The number of aliphatic hydroxyl groups is 1. The van der Waals surface area contributed by atoms with E-state index >= 15 is 0 Å². The van der Waals surface area contributed by atoms with Gasteiger partial charge >= 0.3 is 0 Å². The molecule has 1 aliphatic carbocycles. The quantitative estimate of drug-likeness (QED) is 0.846. The van der Waals surface area contributed by atoms with Gasteiger partial charge in [0.2, 0.25) is 0 Å². The Morgan fingerprint density at radius 1 is 1.17 bits per heavy atom. The average Bonchev–Trinajstić information content (AvgIpc) is 2.94. The van der Waals surface area contributed by atoms with Crippen LogP contribution in [0.4, 0.5) is 0 Å². The van der Waals surface area contributed by atoms with E-state index in [-0.39, 0.29) is 0 Å². The van der Waals surface area contributed by atoms with Gasteiger partial charge in [0.15, 0.2) is 0 Å². The maximum Gasteiger partial charge on any atom is 0.149 e. The van der Waals surface area contributed by atoms with Crippen LogP contribution >= 0.6 is 0 Å². The topological polar surface area (TPSA) is 52.2 Å². The highest BCUT2D eigenvalue weighted by atomic mass is 16.3. The molecule has 0 radical (unpaired) electrons. The van der Waals surface area contributed by atoms with Gasteiger partial charge in [-0.3, -0.25) is 4.90 Å². The van der Waals surface area contributed by atoms with Crippen molar-refractivity contribution in [2.75, 3.05) is 13.1 Å². The lowest BCUT2D eigenvalue weighted by atomic mass is 9.68. The number of imidazole rings is 1. The second kappa shape index (κ2) is 5.02. The van der Waals surface area contributed by atoms with Crippen LogP contribution in [0.3, 0.4) is 0 Å². The molecule has 1 spiro atoms. The van der Waals surface area contributed by atoms with E-state index in [4.69, 9.17) is 0 Å². The zero-order valence-electron chi connectivity index (χ0n) is 10.9. The molecule has 0 amide bonds. The first kappa shape index (κ1) is 12.2. The number of nitrogens with one attached hydrogen (secondary N) is 1. The predicted molar refractivity (Wildman–Crippen MR) is 69.9 cm³/mol. The van der Waals surface area contributed by atoms with E-state index in [9.17, 15) is 5.11 Å². The molecule has 100 valence electrons. The summed E-state index contributed by atoms with van der Waals surface area (Å²) in [6.45, 7) is 2.03. The van der Waals surface area contributed by atoms with Gasteiger partial charge in [0.1, 0.15) is 6.23 Å². The number of aromatic amines is 1. The fraction of sp³-hybridized carbons (Fsp3) is 0.786. The molecule has 2 fully saturated rings. The van der Waals surface area contributed by atoms with E-state index in [0.29, 0.717) is 5.41 Å². The standard InChI is InChI=1S/C14H23N3O/c18-13(12-10-15-11-16-12)17-8-6-14(7-9-17)4-2-1-3-5-14/h10-11,13,18H,1-9H2,(H,15,16). The number of aliphatic hydroxyl groups excluding tert-OH is 1. The number of likely N-dealkylation sites (tertiary alicyclic amines) is 1. The molecule has 2 aliphatic rings. The summed E-state index contributed by atoms with van der Waals surface area (Å²) in [5.41, 5.74) is 1.41. The highest BCUT2D eigenvalue weighted by Gasteiger charge is 2.37. The molecule has 1 aromatic rings. The third-order valence-corrected chi connectivity index (χ3v) is 4.92. The van der Waals surface area contributed by atoms with Crippen molar-refractivity contribution in [3.8, 4) is 0 Å². The fourth-order valence-electron chi connectivity index (χ4n) is 3.65. The lowest BCUT2D eigenvalue weighted by Crippen LogP contribution is -2.42. The van der Waals surface area contributed by atoms with Crippen molar-refractivity contribution in [3.63, 3.8) is 0 Å². The minimum atomic E-state index is -0.506. The van der Waals surface area contributed by atoms with Gasteiger partial charge in [0, 0.05) is 13.1 Å². The van der Waals surface area contributed by atoms with Crippen LogP contribution < -0.4 is 0 Å². The Morgan fingerprint density at radius 2 is 1.89 bits per heavy atom. The number of aromatic nitrogens is 2. The van der Waals surface area contributed by atoms with Crippen LogP contribution in [0.2, 0.25) is 0 Å². The van der Waals surface area contributed by atoms with Gasteiger partial charge in [-0.1, -0.05) is 19.3 Å². The second-order valence-corrected chi connectivity index (χ2v) is 5.98. The first-order chi connectivity index (χ1) is 8.79. The Bertz CT molecular complexity index is 360. The van der Waals surface area contributed by atoms with Gasteiger partial charge in [-0.05, 0) is 31.1 Å². The lowest BCUT2D eigenvalue weighted by molar-refractivity contribution is -0.0466. The van der Waals surface area contributed by atoms with Crippen LogP contribution in [-0.4, -0.2) is 33.1 Å². The number of piperidine rings is 1. The fourth-order valence-corrected chi connectivity index (χ4v) is 3.65. The van der Waals surface area contributed by atoms with E-state index in [1.807, 2.05) is 0 Å². The zero-order valence-corrected chi connectivity index (χ0v) is 10.9. The molecule has 1 aromatic heterocycles. The predicted octanol–water partition coefficient (Wildman–Crippen LogP) is 2.45. The van der Waals surface area contributed by atoms with Crippen LogP contribution in [0.15, 0.2) is 12.5 Å². The Balaban J connectivity index is 1.59. The van der Waals surface area contributed by atoms with Gasteiger partial charge < -0.3 is 10.1 Å². The summed E-state index contributed by atoms with van der Waals surface area (Å²) >= 11 is 0. The second-order valence-electron chi connectivity index (χ2n) is 5.98. The highest BCUT2D eigenvalue weighted by molar-refractivity contribution is 5.00. The number of hydrogen-bond acceptors (Lipinski definition) is 3. The molecule has 4 nitrogen and oxygen atoms in total. The number of hydrogen-bond donors (Lipinski definition) is 2. The lowest BCUT2D eigenvalue weighted by Gasteiger charge is -2.45. The zero-order chi connectivity index (χ0) is 12.4. The molecule has 0 bridgehead atoms. The van der Waals surface area contributed by atoms with Gasteiger partial charge in [0.05, 0.1) is 18.2 Å². The van der Waals surface area contributed by atoms with Gasteiger partial charge in [-0.2, -0.15) is 0 Å². The van der Waals surface area contributed by atoms with Crippen molar-refractivity contribution in [2.45, 2.75) is 51.2 Å². The van der Waals surface area contributed by atoms with Crippen LogP contribution in [0.25, 0.3) is 0 Å². The van der Waals surface area contributed by atoms with Crippen LogP contribution in [0.5, 0.6) is 0 Å². The number of rotatable bonds is 2. The summed E-state index contributed by atoms with van der Waals surface area (Å²) in [6, 6.07) is 0. The molecule has 1 saturated carbocycles. The van der Waals surface area contributed by atoms with Gasteiger partial charge in [-0.25, -0.2) is 4.98 Å². The minimum Gasteiger partial charge on any atom is -0.372 e. The molecule has 2 heterocycles. The highest BCUT2D eigenvalue weighted by Crippen LogP contribution is 2.45. The third-order valence-electron chi connectivity index (χ3n) is 4.92. The summed E-state index contributed by atoms with van der Waals surface area (Å²) < 4.78 is 0. The van der Waals surface area contributed by atoms with E-state index in [1.165, 1.54) is 44.9 Å². The van der Waals surface area contributed by atoms with Crippen molar-refractivity contribution in [3.05, 3.63) is 18.2 Å². The molecule has 1 saturated heterocycles. The van der Waals surface area contributed by atoms with Crippen molar-refractivity contribution >= 4 is 0 Å². The van der Waals surface area contributed by atoms with E-state index in [0.717, 1.165) is 18.8 Å². The van der Waals surface area contributed by atoms with Crippen molar-refractivity contribution in [1.29, 1.82) is 0 Å². The molecule has 3 rings (SSSR count). The van der Waals surface area contributed by atoms with E-state index in [1.54, 1.807) is 12.5 Å². The summed E-state index contributed by atoms with van der Waals surface area (Å²) in [5, 5.41) is 10.3. The van der Waals surface area contributed by atoms with Gasteiger partial charge in [-0.15, -0.1) is 0 Å². The van der Waals surface area contributed by atoms with Crippen LogP contribution in [0, 0.1) is 5.41 Å². The smallest absolute Gasteiger partial charge is 0.149 e. The summed E-state index contributed by atoms with van der Waals surface area (Å²) in [5.74, 6) is 0. The van der Waals surface area contributed by atoms with Crippen molar-refractivity contribution in [1.82, 2.24) is 14.9 Å². The molecule has 18 heavy (non-hydrogen) atoms. The first-order valence-electron chi connectivity index (χ1n) is 7.20. The molecular formula is C14H23N3O. The van der Waals surface area contributed by atoms with Crippen molar-refractivity contribution in [2.24, 2.45) is 5.41 Å². The maximum absolute atomic E-state index is 10.3. The molecule has 1 atom stereocenters. The Kier molecular flexibility index (Phi) is 3.39. The Labute approximate surface area is 108 Å². The van der Waals surface area contributed by atoms with E-state index in [2.05, 4.69) is 14.9 Å². The Hall–Kier alpha value is -0.870. The van der Waals surface area contributed by atoms with E-state index < -0.39 is 6.23 Å². The molecule has 1 aliphatic heterocycles. The summed E-state index contributed by atoms with van der Waals surface area (Å²) in [7, 11) is 0. The third kappa shape index (κ3) is 2.31. The molecule has 4 heteroatoms. The summed E-state index contributed by atoms with van der Waals surface area (Å²) in [4.78, 5) is 9.16. The first-order valence-corrected chi connectivity index (χ1v) is 7.20. The van der Waals surface area contributed by atoms with Crippen LogP contribution in [0.1, 0.15) is 56.9 Å². The van der Waals surface area contributed by atoms with Gasteiger partial charge in [0.25, 0.3) is 0 Å². The monoisotopic (exact) mass is 249 g/mol. The maximum atomic E-state index is 10.3. The van der Waals surface area contributed by atoms with Crippen molar-refractivity contribution < 1.29 is 5.11 Å². The number of H-pyrrole nitrogens is 1. The molecule has 1 unspecified atom stereocenters. The largest absolute Gasteiger partial charge is 0.372 e. The summed E-state index contributed by atoms with van der Waals surface area (Å²) in [6.07, 6.45) is 12.4. The minimum absolute atomic E-state index is 0.506. The number of nitrogens with zero attached hydrogens (tertiary/aromatic N) is 2. The molecular weight excluding hydrogens is 226 g/mol. The normalized spacial score (nSPS) is 26.3. The Morgan fingerprint density at radius 3 is 2.50 bits per heavy atom. The van der Waals surface area contributed by atoms with Crippen LogP contribution in [-0.2, 0) is 0 Å². The SMILES string of the molecule is OC(c1cnc[nH]1)N1CCC2(CCCCC2)CC1. The average molecular weight is 249 g/mol. The molecule has 0 aromatic carbocycles. The molecule has 2 N–H and O–H groups in total.